The number of phenolic OH excluding ortho intramolecular Hbond substituents is 2. The van der Waals surface area contributed by atoms with E-state index in [2.05, 4.69) is 13.2 Å². The van der Waals surface area contributed by atoms with E-state index in [0.717, 1.165) is 22.3 Å². The lowest BCUT2D eigenvalue weighted by Gasteiger charge is -2.14. The number of ether oxygens (including phenoxy) is 2. The van der Waals surface area contributed by atoms with Gasteiger partial charge in [-0.25, -0.2) is 0 Å². The van der Waals surface area contributed by atoms with Gasteiger partial charge in [0.15, 0.2) is 23.0 Å². The van der Waals surface area contributed by atoms with Crippen molar-refractivity contribution >= 4 is 0 Å². The lowest BCUT2D eigenvalue weighted by molar-refractivity contribution is 0.370. The summed E-state index contributed by atoms with van der Waals surface area (Å²) < 4.78 is 10.5. The normalized spacial score (nSPS) is 10.2. The monoisotopic (exact) mass is 326 g/mol. The SMILES string of the molecule is C=CCc1cc(-c2cc(CC=C)c(O)c(OC)c2)cc(OC)c1O. The number of phenols is 2. The van der Waals surface area contributed by atoms with Crippen molar-refractivity contribution in [2.75, 3.05) is 14.2 Å². The lowest BCUT2D eigenvalue weighted by Crippen LogP contribution is -1.94. The standard InChI is InChI=1S/C20H22O4/c1-5-7-13-9-15(11-17(23-3)19(13)21)16-10-14(8-6-2)20(22)18(12-16)24-4/h5-6,9-12,21-22H,1-2,7-8H2,3-4H3. The van der Waals surface area contributed by atoms with Crippen LogP contribution in [-0.2, 0) is 12.8 Å². The van der Waals surface area contributed by atoms with Crippen LogP contribution in [0.1, 0.15) is 11.1 Å². The Labute approximate surface area is 142 Å². The number of aromatic hydroxyl groups is 2. The molecule has 4 nitrogen and oxygen atoms in total. The van der Waals surface area contributed by atoms with Gasteiger partial charge >= 0.3 is 0 Å². The van der Waals surface area contributed by atoms with Crippen LogP contribution in [0.2, 0.25) is 0 Å². The van der Waals surface area contributed by atoms with Gasteiger partial charge in [-0.2, -0.15) is 0 Å². The van der Waals surface area contributed by atoms with Crippen molar-refractivity contribution < 1.29 is 19.7 Å². The smallest absolute Gasteiger partial charge is 0.161 e. The first-order chi connectivity index (χ1) is 11.5. The molecular weight excluding hydrogens is 304 g/mol. The van der Waals surface area contributed by atoms with Gasteiger partial charge in [-0.05, 0) is 48.2 Å². The average molecular weight is 326 g/mol. The van der Waals surface area contributed by atoms with Crippen LogP contribution in [0, 0.1) is 0 Å². The predicted octanol–water partition coefficient (Wildman–Crippen LogP) is 4.24. The fourth-order valence-corrected chi connectivity index (χ4v) is 2.60. The van der Waals surface area contributed by atoms with Crippen LogP contribution in [0.15, 0.2) is 49.6 Å². The van der Waals surface area contributed by atoms with E-state index in [1.807, 2.05) is 12.1 Å². The number of methoxy groups -OCH3 is 2. The molecule has 4 heteroatoms. The van der Waals surface area contributed by atoms with Crippen molar-refractivity contribution in [1.82, 2.24) is 0 Å². The molecule has 2 aromatic carbocycles. The molecule has 0 atom stereocenters. The van der Waals surface area contributed by atoms with Gasteiger partial charge in [0.25, 0.3) is 0 Å². The Morgan fingerprint density at radius 3 is 1.46 bits per heavy atom. The lowest BCUT2D eigenvalue weighted by atomic mass is 9.97. The molecule has 126 valence electrons. The molecule has 0 spiro atoms. The molecular formula is C20H22O4. The Morgan fingerprint density at radius 2 is 1.17 bits per heavy atom. The molecule has 0 heterocycles. The van der Waals surface area contributed by atoms with E-state index in [9.17, 15) is 10.2 Å². The maximum atomic E-state index is 10.2. The zero-order valence-corrected chi connectivity index (χ0v) is 14.0. The summed E-state index contributed by atoms with van der Waals surface area (Å²) in [5.74, 6) is 1.000. The molecule has 2 rings (SSSR count). The zero-order chi connectivity index (χ0) is 17.7. The molecule has 2 aromatic rings. The van der Waals surface area contributed by atoms with Crippen LogP contribution >= 0.6 is 0 Å². The number of hydrogen-bond donors (Lipinski definition) is 2. The minimum absolute atomic E-state index is 0.109. The Bertz CT molecular complexity index is 697. The van der Waals surface area contributed by atoms with Crippen molar-refractivity contribution in [2.45, 2.75) is 12.8 Å². The van der Waals surface area contributed by atoms with Gasteiger partial charge < -0.3 is 19.7 Å². The van der Waals surface area contributed by atoms with E-state index in [1.54, 1.807) is 24.3 Å². The molecule has 0 saturated carbocycles. The summed E-state index contributed by atoms with van der Waals surface area (Å²) in [6.07, 6.45) is 4.48. The first-order valence-electron chi connectivity index (χ1n) is 7.57. The number of allylic oxidation sites excluding steroid dienone is 2. The van der Waals surface area contributed by atoms with Gasteiger partial charge in [0.2, 0.25) is 0 Å². The second-order valence-electron chi connectivity index (χ2n) is 5.36. The number of rotatable bonds is 7. The van der Waals surface area contributed by atoms with Crippen molar-refractivity contribution in [3.63, 3.8) is 0 Å². The van der Waals surface area contributed by atoms with Gasteiger partial charge in [-0.3, -0.25) is 0 Å². The van der Waals surface area contributed by atoms with Crippen molar-refractivity contribution in [1.29, 1.82) is 0 Å². The Hall–Kier alpha value is -2.88. The Kier molecular flexibility index (Phi) is 5.53. The van der Waals surface area contributed by atoms with E-state index in [-0.39, 0.29) is 11.5 Å². The Balaban J connectivity index is 2.66. The highest BCUT2D eigenvalue weighted by Crippen LogP contribution is 2.40. The van der Waals surface area contributed by atoms with Gasteiger partial charge in [-0.1, -0.05) is 12.2 Å². The maximum Gasteiger partial charge on any atom is 0.161 e. The second-order valence-corrected chi connectivity index (χ2v) is 5.36. The molecule has 0 aliphatic heterocycles. The third kappa shape index (κ3) is 3.38. The van der Waals surface area contributed by atoms with Crippen molar-refractivity contribution in [3.8, 4) is 34.1 Å². The summed E-state index contributed by atoms with van der Waals surface area (Å²) in [5, 5.41) is 20.4. The van der Waals surface area contributed by atoms with Crippen LogP contribution in [-0.4, -0.2) is 24.4 Å². The van der Waals surface area contributed by atoms with E-state index >= 15 is 0 Å². The molecule has 0 aliphatic rings. The van der Waals surface area contributed by atoms with Crippen LogP contribution in [0.4, 0.5) is 0 Å². The van der Waals surface area contributed by atoms with E-state index in [4.69, 9.17) is 9.47 Å². The topological polar surface area (TPSA) is 58.9 Å². The molecule has 2 N–H and O–H groups in total. The summed E-state index contributed by atoms with van der Waals surface area (Å²) in [7, 11) is 3.02. The summed E-state index contributed by atoms with van der Waals surface area (Å²) in [4.78, 5) is 0. The quantitative estimate of drug-likeness (QED) is 0.747. The first kappa shape index (κ1) is 17.5. The van der Waals surface area contributed by atoms with E-state index in [1.165, 1.54) is 14.2 Å². The van der Waals surface area contributed by atoms with Gasteiger partial charge in [0, 0.05) is 11.1 Å². The van der Waals surface area contributed by atoms with Crippen LogP contribution in [0.25, 0.3) is 11.1 Å². The molecule has 0 aromatic heterocycles. The van der Waals surface area contributed by atoms with E-state index < -0.39 is 0 Å². The van der Waals surface area contributed by atoms with Crippen molar-refractivity contribution in [3.05, 3.63) is 60.7 Å². The summed E-state index contributed by atoms with van der Waals surface area (Å²) in [6.45, 7) is 7.43. The third-order valence-corrected chi connectivity index (χ3v) is 3.81. The minimum Gasteiger partial charge on any atom is -0.504 e. The summed E-state index contributed by atoms with van der Waals surface area (Å²) >= 11 is 0. The van der Waals surface area contributed by atoms with Gasteiger partial charge in [0.05, 0.1) is 14.2 Å². The maximum absolute atomic E-state index is 10.2. The summed E-state index contributed by atoms with van der Waals surface area (Å²) in [5.41, 5.74) is 3.14. The largest absolute Gasteiger partial charge is 0.504 e. The summed E-state index contributed by atoms with van der Waals surface area (Å²) in [6, 6.07) is 7.27. The van der Waals surface area contributed by atoms with Gasteiger partial charge in [0.1, 0.15) is 0 Å². The third-order valence-electron chi connectivity index (χ3n) is 3.81. The second kappa shape index (κ2) is 7.59. The molecule has 24 heavy (non-hydrogen) atoms. The van der Waals surface area contributed by atoms with Crippen LogP contribution < -0.4 is 9.47 Å². The van der Waals surface area contributed by atoms with Gasteiger partial charge in [-0.15, -0.1) is 13.2 Å². The van der Waals surface area contributed by atoms with Crippen LogP contribution in [0.5, 0.6) is 23.0 Å². The molecule has 0 aliphatic carbocycles. The zero-order valence-electron chi connectivity index (χ0n) is 14.0. The molecule has 0 unspecified atom stereocenters. The molecule has 0 amide bonds. The average Bonchev–Trinajstić information content (AvgIpc) is 2.59. The molecule has 0 fully saturated rings. The predicted molar refractivity (Wildman–Crippen MR) is 96.1 cm³/mol. The first-order valence-corrected chi connectivity index (χ1v) is 7.57. The highest BCUT2D eigenvalue weighted by molar-refractivity contribution is 5.73. The van der Waals surface area contributed by atoms with Crippen molar-refractivity contribution in [2.24, 2.45) is 0 Å². The number of benzene rings is 2. The minimum atomic E-state index is 0.109. The molecule has 0 bridgehead atoms. The highest BCUT2D eigenvalue weighted by Gasteiger charge is 2.15. The fraction of sp³-hybridized carbons (Fsp3) is 0.200. The van der Waals surface area contributed by atoms with E-state index in [0.29, 0.717) is 24.3 Å². The fourth-order valence-electron chi connectivity index (χ4n) is 2.60. The molecule has 0 saturated heterocycles. The molecule has 0 radical (unpaired) electrons. The Morgan fingerprint density at radius 1 is 0.792 bits per heavy atom. The highest BCUT2D eigenvalue weighted by atomic mass is 16.5. The van der Waals surface area contributed by atoms with Crippen LogP contribution in [0.3, 0.4) is 0 Å². The number of hydrogen-bond acceptors (Lipinski definition) is 4.